The predicted molar refractivity (Wildman–Crippen MR) is 140 cm³/mol. The molecule has 0 radical (unpaired) electrons. The average molecular weight is 500 g/mol. The third kappa shape index (κ3) is 4.37. The molecule has 0 spiro atoms. The number of para-hydroxylation sites is 3. The standard InChI is InChI=1S/C26H21N5O4S/c1-34-18-11-12-25(35-2)20(13-18)24-16-36-26(29-22-9-5-6-10-23(22)31(32)33)30(24)28-15-17-14-27-21-8-4-3-7-19(17)21/h3-16,27H,1-2H3. The summed E-state index contributed by atoms with van der Waals surface area (Å²) in [5, 5.41) is 19.2. The molecule has 2 heterocycles. The number of thiazole rings is 1. The summed E-state index contributed by atoms with van der Waals surface area (Å²) in [5.41, 5.74) is 3.48. The summed E-state index contributed by atoms with van der Waals surface area (Å²) in [6.07, 6.45) is 3.62. The van der Waals surface area contributed by atoms with Crippen LogP contribution in [0.25, 0.3) is 22.2 Å². The van der Waals surface area contributed by atoms with E-state index in [1.54, 1.807) is 43.3 Å². The Hall–Kier alpha value is -4.70. The number of H-pyrrole nitrogens is 1. The Bertz CT molecular complexity index is 1660. The van der Waals surface area contributed by atoms with Gasteiger partial charge < -0.3 is 14.5 Å². The summed E-state index contributed by atoms with van der Waals surface area (Å²) in [4.78, 5) is 19.4. The molecule has 0 saturated carbocycles. The summed E-state index contributed by atoms with van der Waals surface area (Å²) in [6, 6.07) is 19.8. The van der Waals surface area contributed by atoms with Crippen LogP contribution < -0.4 is 14.3 Å². The fourth-order valence-corrected chi connectivity index (χ4v) is 4.67. The van der Waals surface area contributed by atoms with Gasteiger partial charge in [-0.25, -0.2) is 9.67 Å². The molecule has 0 unspecified atom stereocenters. The molecule has 2 aromatic heterocycles. The second-order valence-electron chi connectivity index (χ2n) is 7.67. The van der Waals surface area contributed by atoms with Crippen molar-refractivity contribution in [3.05, 3.63) is 98.8 Å². The molecule has 36 heavy (non-hydrogen) atoms. The van der Waals surface area contributed by atoms with Crippen LogP contribution in [0.3, 0.4) is 0 Å². The van der Waals surface area contributed by atoms with Crippen molar-refractivity contribution in [2.45, 2.75) is 0 Å². The van der Waals surface area contributed by atoms with Gasteiger partial charge in [0.15, 0.2) is 0 Å². The Balaban J connectivity index is 1.73. The minimum atomic E-state index is -0.446. The molecule has 0 amide bonds. The molecule has 0 atom stereocenters. The van der Waals surface area contributed by atoms with Gasteiger partial charge in [0.25, 0.3) is 5.69 Å². The number of nitrogens with zero attached hydrogens (tertiary/aromatic N) is 4. The lowest BCUT2D eigenvalue weighted by molar-refractivity contribution is -0.384. The van der Waals surface area contributed by atoms with Crippen molar-refractivity contribution in [1.82, 2.24) is 9.66 Å². The number of hydrogen-bond acceptors (Lipinski definition) is 7. The fraction of sp³-hybridized carbons (Fsp3) is 0.0769. The molecule has 5 rings (SSSR count). The molecule has 10 heteroatoms. The molecule has 0 fully saturated rings. The highest BCUT2D eigenvalue weighted by Crippen LogP contribution is 2.34. The largest absolute Gasteiger partial charge is 0.497 e. The van der Waals surface area contributed by atoms with E-state index >= 15 is 0 Å². The van der Waals surface area contributed by atoms with Crippen LogP contribution in [0.5, 0.6) is 11.5 Å². The fourth-order valence-electron chi connectivity index (χ4n) is 3.83. The number of benzene rings is 3. The van der Waals surface area contributed by atoms with Crippen LogP contribution in [0, 0.1) is 10.1 Å². The van der Waals surface area contributed by atoms with Gasteiger partial charge >= 0.3 is 0 Å². The molecule has 1 N–H and O–H groups in total. The van der Waals surface area contributed by atoms with Crippen LogP contribution >= 0.6 is 11.3 Å². The van der Waals surface area contributed by atoms with Crippen molar-refractivity contribution in [2.24, 2.45) is 10.1 Å². The van der Waals surface area contributed by atoms with E-state index in [1.165, 1.54) is 17.4 Å². The van der Waals surface area contributed by atoms with Crippen LogP contribution in [-0.4, -0.2) is 35.0 Å². The lowest BCUT2D eigenvalue weighted by Crippen LogP contribution is -2.12. The zero-order valence-electron chi connectivity index (χ0n) is 19.4. The number of methoxy groups -OCH3 is 2. The number of rotatable bonds is 7. The number of ether oxygens (including phenoxy) is 2. The van der Waals surface area contributed by atoms with Gasteiger partial charge in [0.05, 0.1) is 31.1 Å². The van der Waals surface area contributed by atoms with Crippen molar-refractivity contribution in [3.8, 4) is 22.8 Å². The maximum absolute atomic E-state index is 11.6. The SMILES string of the molecule is COc1ccc(OC)c(-c2csc(=Nc3ccccc3[N+](=O)[O-])n2N=Cc2c[nH]c3ccccc23)c1. The molecule has 0 aliphatic heterocycles. The molecule has 9 nitrogen and oxygen atoms in total. The van der Waals surface area contributed by atoms with E-state index in [2.05, 4.69) is 9.98 Å². The third-order valence-corrected chi connectivity index (χ3v) is 6.41. The summed E-state index contributed by atoms with van der Waals surface area (Å²) < 4.78 is 12.7. The maximum Gasteiger partial charge on any atom is 0.294 e. The van der Waals surface area contributed by atoms with Crippen molar-refractivity contribution < 1.29 is 14.4 Å². The number of nitro benzene ring substituents is 1. The smallest absolute Gasteiger partial charge is 0.294 e. The van der Waals surface area contributed by atoms with Gasteiger partial charge in [0.1, 0.15) is 17.2 Å². The summed E-state index contributed by atoms with van der Waals surface area (Å²) in [6.45, 7) is 0. The van der Waals surface area contributed by atoms with E-state index in [0.717, 1.165) is 22.0 Å². The summed E-state index contributed by atoms with van der Waals surface area (Å²) in [7, 11) is 3.19. The van der Waals surface area contributed by atoms with Crippen molar-refractivity contribution in [2.75, 3.05) is 14.2 Å². The topological polar surface area (TPSA) is 107 Å². The highest BCUT2D eigenvalue weighted by atomic mass is 32.1. The zero-order valence-corrected chi connectivity index (χ0v) is 20.2. The molecule has 0 aliphatic carbocycles. The van der Waals surface area contributed by atoms with Gasteiger partial charge in [-0.1, -0.05) is 30.3 Å². The lowest BCUT2D eigenvalue weighted by atomic mass is 10.1. The maximum atomic E-state index is 11.6. The van der Waals surface area contributed by atoms with Gasteiger partial charge in [-0.3, -0.25) is 10.1 Å². The van der Waals surface area contributed by atoms with Crippen LogP contribution in [-0.2, 0) is 0 Å². The zero-order chi connectivity index (χ0) is 25.1. The first kappa shape index (κ1) is 23.1. The van der Waals surface area contributed by atoms with Crippen LogP contribution in [0.4, 0.5) is 11.4 Å². The number of nitrogens with one attached hydrogen (secondary N) is 1. The number of nitro groups is 1. The van der Waals surface area contributed by atoms with Gasteiger partial charge in [-0.2, -0.15) is 5.10 Å². The Morgan fingerprint density at radius 2 is 1.86 bits per heavy atom. The van der Waals surface area contributed by atoms with Gasteiger partial charge in [0, 0.05) is 39.7 Å². The minimum Gasteiger partial charge on any atom is -0.497 e. The quantitative estimate of drug-likeness (QED) is 0.175. The summed E-state index contributed by atoms with van der Waals surface area (Å²) in [5.74, 6) is 1.28. The van der Waals surface area contributed by atoms with E-state index in [9.17, 15) is 10.1 Å². The molecule has 180 valence electrons. The molecule has 0 saturated heterocycles. The first-order chi connectivity index (χ1) is 17.6. The Kier molecular flexibility index (Phi) is 6.33. The highest BCUT2D eigenvalue weighted by molar-refractivity contribution is 7.07. The minimum absolute atomic E-state index is 0.0847. The summed E-state index contributed by atoms with van der Waals surface area (Å²) >= 11 is 1.32. The first-order valence-corrected chi connectivity index (χ1v) is 11.8. The highest BCUT2D eigenvalue weighted by Gasteiger charge is 2.16. The van der Waals surface area contributed by atoms with Crippen molar-refractivity contribution >= 4 is 39.8 Å². The van der Waals surface area contributed by atoms with E-state index in [1.807, 2.05) is 54.0 Å². The number of fused-ring (bicyclic) bond motifs is 1. The Morgan fingerprint density at radius 1 is 1.06 bits per heavy atom. The van der Waals surface area contributed by atoms with Gasteiger partial charge in [-0.15, -0.1) is 11.3 Å². The average Bonchev–Trinajstić information content (AvgIpc) is 3.51. The molecule has 0 aliphatic rings. The molecule has 5 aromatic rings. The van der Waals surface area contributed by atoms with E-state index in [-0.39, 0.29) is 11.4 Å². The normalized spacial score (nSPS) is 11.9. The third-order valence-electron chi connectivity index (χ3n) is 5.60. The first-order valence-electron chi connectivity index (χ1n) is 10.9. The van der Waals surface area contributed by atoms with E-state index in [0.29, 0.717) is 22.0 Å². The molecular formula is C26H21N5O4S. The molecular weight excluding hydrogens is 478 g/mol. The second-order valence-corrected chi connectivity index (χ2v) is 8.51. The van der Waals surface area contributed by atoms with Crippen molar-refractivity contribution in [3.63, 3.8) is 0 Å². The predicted octanol–water partition coefficient (Wildman–Crippen LogP) is 5.74. The lowest BCUT2D eigenvalue weighted by Gasteiger charge is -2.11. The van der Waals surface area contributed by atoms with Crippen LogP contribution in [0.15, 0.2) is 88.4 Å². The second kappa shape index (κ2) is 9.88. The molecule has 3 aromatic carbocycles. The van der Waals surface area contributed by atoms with Crippen LogP contribution in [0.1, 0.15) is 5.56 Å². The van der Waals surface area contributed by atoms with E-state index < -0.39 is 4.92 Å². The Labute approximate surface area is 209 Å². The van der Waals surface area contributed by atoms with Crippen molar-refractivity contribution in [1.29, 1.82) is 0 Å². The monoisotopic (exact) mass is 499 g/mol. The molecule has 0 bridgehead atoms. The van der Waals surface area contributed by atoms with Gasteiger partial charge in [0.2, 0.25) is 4.80 Å². The number of hydrogen-bond donors (Lipinski definition) is 1. The number of aromatic nitrogens is 2. The number of aromatic amines is 1. The van der Waals surface area contributed by atoms with E-state index in [4.69, 9.17) is 14.6 Å². The van der Waals surface area contributed by atoms with Crippen LogP contribution in [0.2, 0.25) is 0 Å². The van der Waals surface area contributed by atoms with Gasteiger partial charge in [-0.05, 0) is 30.3 Å². The Morgan fingerprint density at radius 3 is 2.67 bits per heavy atom.